The van der Waals surface area contributed by atoms with Crippen LogP contribution in [0.5, 0.6) is 5.75 Å². The number of carbonyl (C=O) groups excluding carboxylic acids is 2. The van der Waals surface area contributed by atoms with E-state index in [1.807, 2.05) is 45.0 Å². The molecule has 0 aliphatic carbocycles. The van der Waals surface area contributed by atoms with Crippen LogP contribution in [0.15, 0.2) is 43.1 Å². The maximum absolute atomic E-state index is 13.4. The Labute approximate surface area is 213 Å². The van der Waals surface area contributed by atoms with Crippen LogP contribution in [0.3, 0.4) is 0 Å². The highest BCUT2D eigenvalue weighted by molar-refractivity contribution is 7.19. The number of aromatic nitrogens is 1. The zero-order valence-corrected chi connectivity index (χ0v) is 21.3. The van der Waals surface area contributed by atoms with E-state index in [2.05, 4.69) is 22.2 Å². The molecule has 2 aromatic heterocycles. The molecule has 0 radical (unpaired) electrons. The summed E-state index contributed by atoms with van der Waals surface area (Å²) in [7, 11) is 0. The molecule has 188 valence electrons. The molecule has 2 atom stereocenters. The Bertz CT molecular complexity index is 1350. The zero-order chi connectivity index (χ0) is 25.6. The van der Waals surface area contributed by atoms with Gasteiger partial charge >= 0.3 is 6.03 Å². The largest absolute Gasteiger partial charge is 0.491 e. The molecule has 3 aromatic rings. The maximum Gasteiger partial charge on any atom is 0.331 e. The predicted molar refractivity (Wildman–Crippen MR) is 141 cm³/mol. The molecule has 4 heterocycles. The lowest BCUT2D eigenvalue weighted by Crippen LogP contribution is -2.37. The van der Waals surface area contributed by atoms with E-state index in [9.17, 15) is 14.7 Å². The van der Waals surface area contributed by atoms with Crippen LogP contribution in [0.25, 0.3) is 10.2 Å². The first-order valence-electron chi connectivity index (χ1n) is 11.9. The highest BCUT2D eigenvalue weighted by Gasteiger charge is 2.34. The Morgan fingerprint density at radius 3 is 2.89 bits per heavy atom. The van der Waals surface area contributed by atoms with Gasteiger partial charge in [0.05, 0.1) is 33.4 Å². The summed E-state index contributed by atoms with van der Waals surface area (Å²) in [5.74, 6) is 0.627. The monoisotopic (exact) mass is 507 g/mol. The van der Waals surface area contributed by atoms with Crippen molar-refractivity contribution >= 4 is 50.6 Å². The fourth-order valence-corrected chi connectivity index (χ4v) is 5.85. The van der Waals surface area contributed by atoms with Gasteiger partial charge in [0.1, 0.15) is 16.8 Å². The number of aliphatic hydroxyl groups excluding tert-OH is 1. The van der Waals surface area contributed by atoms with E-state index in [0.29, 0.717) is 29.3 Å². The molecule has 10 heteroatoms. The zero-order valence-electron chi connectivity index (χ0n) is 20.4. The molecule has 1 fully saturated rings. The molecule has 3 N–H and O–H groups in total. The number of thiophene rings is 1. The number of aliphatic hydroxyl groups is 1. The summed E-state index contributed by atoms with van der Waals surface area (Å²) >= 11 is 1.34. The smallest absolute Gasteiger partial charge is 0.331 e. The third kappa shape index (κ3) is 4.32. The van der Waals surface area contributed by atoms with E-state index in [1.165, 1.54) is 17.4 Å². The SMILES string of the molecule is C=CC(=O)N1CC[C@@H](NC(O)c2sc3nccc4c3c2NC(=O)N4c2ccc(OC(C)C)cc2C)C1. The van der Waals surface area contributed by atoms with Gasteiger partial charge in [-0.2, -0.15) is 0 Å². The van der Waals surface area contributed by atoms with Crippen molar-refractivity contribution in [2.45, 2.75) is 45.6 Å². The van der Waals surface area contributed by atoms with Gasteiger partial charge in [0.15, 0.2) is 0 Å². The fraction of sp³-hybridized carbons (Fsp3) is 0.346. The maximum atomic E-state index is 13.4. The summed E-state index contributed by atoms with van der Waals surface area (Å²) in [6.07, 6.45) is 2.73. The van der Waals surface area contributed by atoms with Crippen molar-refractivity contribution < 1.29 is 19.4 Å². The number of ether oxygens (including phenoxy) is 1. The van der Waals surface area contributed by atoms with E-state index < -0.39 is 6.23 Å². The third-order valence-corrected chi connectivity index (χ3v) is 7.52. The number of nitrogens with one attached hydrogen (secondary N) is 2. The van der Waals surface area contributed by atoms with Crippen molar-refractivity contribution in [1.82, 2.24) is 15.2 Å². The molecule has 1 unspecified atom stereocenters. The van der Waals surface area contributed by atoms with Gasteiger partial charge in [-0.3, -0.25) is 15.0 Å². The Morgan fingerprint density at radius 1 is 1.36 bits per heavy atom. The molecule has 2 aliphatic heterocycles. The summed E-state index contributed by atoms with van der Waals surface area (Å²) in [5.41, 5.74) is 2.91. The van der Waals surface area contributed by atoms with Crippen molar-refractivity contribution in [2.24, 2.45) is 0 Å². The van der Waals surface area contributed by atoms with E-state index >= 15 is 0 Å². The summed E-state index contributed by atoms with van der Waals surface area (Å²) in [6, 6.07) is 7.09. The molecular weight excluding hydrogens is 478 g/mol. The van der Waals surface area contributed by atoms with E-state index in [1.54, 1.807) is 16.0 Å². The van der Waals surface area contributed by atoms with Crippen LogP contribution < -0.4 is 20.3 Å². The minimum absolute atomic E-state index is 0.0509. The molecule has 3 amide bonds. The second kappa shape index (κ2) is 9.53. The lowest BCUT2D eigenvalue weighted by atomic mass is 10.1. The third-order valence-electron chi connectivity index (χ3n) is 6.37. The summed E-state index contributed by atoms with van der Waals surface area (Å²) in [6.45, 7) is 10.5. The quantitative estimate of drug-likeness (QED) is 0.322. The van der Waals surface area contributed by atoms with Crippen LogP contribution >= 0.6 is 11.3 Å². The highest BCUT2D eigenvalue weighted by atomic mass is 32.1. The van der Waals surface area contributed by atoms with Crippen LogP contribution in [0.4, 0.5) is 21.9 Å². The Kier molecular flexibility index (Phi) is 6.42. The van der Waals surface area contributed by atoms with Gasteiger partial charge in [-0.15, -0.1) is 11.3 Å². The second-order valence-electron chi connectivity index (χ2n) is 9.28. The number of rotatable bonds is 7. The minimum atomic E-state index is -1.02. The van der Waals surface area contributed by atoms with Crippen LogP contribution in [0.1, 0.15) is 36.9 Å². The number of amides is 3. The number of hydrogen-bond donors (Lipinski definition) is 3. The molecule has 0 saturated carbocycles. The summed E-state index contributed by atoms with van der Waals surface area (Å²) in [4.78, 5) is 34.4. The predicted octanol–water partition coefficient (Wildman–Crippen LogP) is 4.44. The van der Waals surface area contributed by atoms with Crippen molar-refractivity contribution in [3.8, 4) is 5.75 Å². The molecule has 0 spiro atoms. The standard InChI is InChI=1S/C26H29N5O4S/c1-5-20(32)30-11-9-16(13-30)28-24(33)23-22-21-19(8-10-27-25(21)36-23)31(26(34)29-22)18-7-6-17(12-15(18)4)35-14(2)3/h5-8,10,12,14,16,24,28,33H,1,9,11,13H2,2-4H3,(H,29,34)/t16-,24?/m1/s1. The highest BCUT2D eigenvalue weighted by Crippen LogP contribution is 2.48. The number of hydrogen-bond acceptors (Lipinski definition) is 7. The van der Waals surface area contributed by atoms with E-state index in [4.69, 9.17) is 4.74 Å². The summed E-state index contributed by atoms with van der Waals surface area (Å²) < 4.78 is 5.80. The Balaban J connectivity index is 1.46. The van der Waals surface area contributed by atoms with Crippen LogP contribution in [-0.4, -0.2) is 52.2 Å². The first-order chi connectivity index (χ1) is 17.3. The van der Waals surface area contributed by atoms with Crippen molar-refractivity contribution in [2.75, 3.05) is 23.3 Å². The Hall–Kier alpha value is -3.47. The van der Waals surface area contributed by atoms with Crippen LogP contribution in [0.2, 0.25) is 0 Å². The van der Waals surface area contributed by atoms with Gasteiger partial charge in [0, 0.05) is 25.3 Å². The Morgan fingerprint density at radius 2 is 2.17 bits per heavy atom. The van der Waals surface area contributed by atoms with Gasteiger partial charge in [0.25, 0.3) is 0 Å². The number of urea groups is 1. The number of pyridine rings is 1. The van der Waals surface area contributed by atoms with Crippen molar-refractivity contribution in [1.29, 1.82) is 0 Å². The molecule has 1 aromatic carbocycles. The molecule has 9 nitrogen and oxygen atoms in total. The fourth-order valence-electron chi connectivity index (χ4n) is 4.79. The molecule has 1 saturated heterocycles. The minimum Gasteiger partial charge on any atom is -0.491 e. The normalized spacial score (nSPS) is 18.0. The topological polar surface area (TPSA) is 107 Å². The number of benzene rings is 1. The second-order valence-corrected chi connectivity index (χ2v) is 10.3. The molecule has 0 bridgehead atoms. The first-order valence-corrected chi connectivity index (χ1v) is 12.7. The van der Waals surface area contributed by atoms with Crippen LogP contribution in [0, 0.1) is 6.92 Å². The van der Waals surface area contributed by atoms with Gasteiger partial charge in [-0.05, 0) is 63.1 Å². The number of nitrogens with zero attached hydrogens (tertiary/aromatic N) is 3. The van der Waals surface area contributed by atoms with Crippen LogP contribution in [-0.2, 0) is 4.79 Å². The number of carbonyl (C=O) groups is 2. The number of anilines is 3. The van der Waals surface area contributed by atoms with Gasteiger partial charge in [-0.1, -0.05) is 6.58 Å². The molecular formula is C26H29N5O4S. The van der Waals surface area contributed by atoms with Gasteiger partial charge in [-0.25, -0.2) is 9.78 Å². The summed E-state index contributed by atoms with van der Waals surface area (Å²) in [5, 5.41) is 18.1. The number of aryl methyl sites for hydroxylation is 1. The first kappa shape index (κ1) is 24.2. The van der Waals surface area contributed by atoms with E-state index in [-0.39, 0.29) is 24.1 Å². The van der Waals surface area contributed by atoms with Gasteiger partial charge < -0.3 is 20.1 Å². The molecule has 36 heavy (non-hydrogen) atoms. The molecule has 5 rings (SSSR count). The van der Waals surface area contributed by atoms with Crippen molar-refractivity contribution in [3.63, 3.8) is 0 Å². The average Bonchev–Trinajstić information content (AvgIpc) is 3.45. The average molecular weight is 508 g/mol. The van der Waals surface area contributed by atoms with Crippen molar-refractivity contribution in [3.05, 3.63) is 53.6 Å². The lowest BCUT2D eigenvalue weighted by Gasteiger charge is -2.30. The van der Waals surface area contributed by atoms with Gasteiger partial charge in [0.2, 0.25) is 5.91 Å². The molecule has 2 aliphatic rings. The van der Waals surface area contributed by atoms with E-state index in [0.717, 1.165) is 33.6 Å². The lowest BCUT2D eigenvalue weighted by molar-refractivity contribution is -0.125. The number of likely N-dealkylation sites (tertiary alicyclic amines) is 1.